The van der Waals surface area contributed by atoms with Gasteiger partial charge in [-0.2, -0.15) is 5.10 Å². The van der Waals surface area contributed by atoms with Crippen molar-refractivity contribution in [3.8, 4) is 11.5 Å². The summed E-state index contributed by atoms with van der Waals surface area (Å²) in [4.78, 5) is 33.6. The average Bonchev–Trinajstić information content (AvgIpc) is 2.90. The molecule has 3 aromatic rings. The SMILES string of the molecule is CCC1CC(=O)N(Cc2ccccc2NC(=O)c2ncccn2)N=C1c1ccc(OC)c(OC)c1. The zero-order chi connectivity index (χ0) is 24.8. The van der Waals surface area contributed by atoms with Crippen LogP contribution in [0.4, 0.5) is 5.69 Å². The summed E-state index contributed by atoms with van der Waals surface area (Å²) in [6, 6.07) is 14.6. The predicted octanol–water partition coefficient (Wildman–Crippen LogP) is 3.91. The number of ether oxygens (including phenoxy) is 2. The van der Waals surface area contributed by atoms with E-state index in [9.17, 15) is 9.59 Å². The number of carbonyl (C=O) groups excluding carboxylic acids is 2. The third-order valence-corrected chi connectivity index (χ3v) is 5.85. The number of benzene rings is 2. The van der Waals surface area contributed by atoms with Crippen LogP contribution in [0.25, 0.3) is 0 Å². The average molecular weight is 474 g/mol. The number of amides is 2. The lowest BCUT2D eigenvalue weighted by atomic mass is 9.89. The van der Waals surface area contributed by atoms with Crippen LogP contribution in [0.5, 0.6) is 11.5 Å². The van der Waals surface area contributed by atoms with E-state index in [0.29, 0.717) is 23.6 Å². The van der Waals surface area contributed by atoms with Gasteiger partial charge in [0.2, 0.25) is 11.7 Å². The second-order valence-electron chi connectivity index (χ2n) is 8.00. The quantitative estimate of drug-likeness (QED) is 0.532. The van der Waals surface area contributed by atoms with Crippen LogP contribution in [0.2, 0.25) is 0 Å². The van der Waals surface area contributed by atoms with Gasteiger partial charge in [-0.25, -0.2) is 15.0 Å². The van der Waals surface area contributed by atoms with E-state index in [4.69, 9.17) is 14.6 Å². The number of hydrogen-bond donors (Lipinski definition) is 1. The van der Waals surface area contributed by atoms with Gasteiger partial charge in [0.25, 0.3) is 5.91 Å². The fourth-order valence-electron chi connectivity index (χ4n) is 3.97. The second kappa shape index (κ2) is 10.8. The van der Waals surface area contributed by atoms with Crippen molar-refractivity contribution >= 4 is 23.2 Å². The summed E-state index contributed by atoms with van der Waals surface area (Å²) in [5, 5.41) is 9.06. The molecule has 2 amide bonds. The smallest absolute Gasteiger partial charge is 0.293 e. The molecule has 0 fully saturated rings. The van der Waals surface area contributed by atoms with Crippen molar-refractivity contribution in [3.05, 3.63) is 77.9 Å². The number of carbonyl (C=O) groups is 2. The van der Waals surface area contributed by atoms with E-state index in [2.05, 4.69) is 15.3 Å². The minimum Gasteiger partial charge on any atom is -0.493 e. The van der Waals surface area contributed by atoms with E-state index in [1.54, 1.807) is 26.4 Å². The topological polar surface area (TPSA) is 106 Å². The molecule has 0 aliphatic carbocycles. The number of methoxy groups -OCH3 is 2. The molecule has 2 heterocycles. The lowest BCUT2D eigenvalue weighted by Gasteiger charge is -2.30. The molecule has 0 saturated carbocycles. The highest BCUT2D eigenvalue weighted by Gasteiger charge is 2.30. The molecule has 1 aliphatic heterocycles. The number of hydrogen-bond acceptors (Lipinski definition) is 7. The molecule has 1 aromatic heterocycles. The summed E-state index contributed by atoms with van der Waals surface area (Å²) in [6.45, 7) is 2.25. The minimum atomic E-state index is -0.427. The Labute approximate surface area is 203 Å². The van der Waals surface area contributed by atoms with Crippen LogP contribution >= 0.6 is 0 Å². The van der Waals surface area contributed by atoms with Crippen LogP contribution < -0.4 is 14.8 Å². The molecule has 0 saturated heterocycles. The van der Waals surface area contributed by atoms with Gasteiger partial charge in [-0.15, -0.1) is 0 Å². The monoisotopic (exact) mass is 473 g/mol. The first-order chi connectivity index (χ1) is 17.0. The first kappa shape index (κ1) is 23.9. The molecular formula is C26H27N5O4. The van der Waals surface area contributed by atoms with Crippen molar-refractivity contribution in [1.29, 1.82) is 0 Å². The summed E-state index contributed by atoms with van der Waals surface area (Å²) < 4.78 is 10.8. The van der Waals surface area contributed by atoms with Crippen molar-refractivity contribution in [2.45, 2.75) is 26.3 Å². The number of nitrogens with zero attached hydrogens (tertiary/aromatic N) is 4. The highest BCUT2D eigenvalue weighted by Crippen LogP contribution is 2.32. The Kier molecular flexibility index (Phi) is 7.35. The van der Waals surface area contributed by atoms with Crippen molar-refractivity contribution in [2.24, 2.45) is 11.0 Å². The van der Waals surface area contributed by atoms with Crippen LogP contribution in [0, 0.1) is 5.92 Å². The first-order valence-corrected chi connectivity index (χ1v) is 11.3. The summed E-state index contributed by atoms with van der Waals surface area (Å²) in [7, 11) is 3.17. The van der Waals surface area contributed by atoms with Gasteiger partial charge in [-0.3, -0.25) is 9.59 Å². The molecule has 0 radical (unpaired) electrons. The maximum atomic E-state index is 13.0. The summed E-state index contributed by atoms with van der Waals surface area (Å²) in [5.74, 6) is 0.776. The van der Waals surface area contributed by atoms with Gasteiger partial charge in [0.15, 0.2) is 11.5 Å². The van der Waals surface area contributed by atoms with Crippen LogP contribution in [-0.2, 0) is 11.3 Å². The molecule has 4 rings (SSSR count). The summed E-state index contributed by atoms with van der Waals surface area (Å²) >= 11 is 0. The molecule has 1 N–H and O–H groups in total. The maximum Gasteiger partial charge on any atom is 0.293 e. The second-order valence-corrected chi connectivity index (χ2v) is 8.00. The molecule has 180 valence electrons. The molecule has 2 aromatic carbocycles. The largest absolute Gasteiger partial charge is 0.493 e. The molecule has 0 bridgehead atoms. The Hall–Kier alpha value is -4.27. The Balaban J connectivity index is 1.63. The van der Waals surface area contributed by atoms with Crippen LogP contribution in [0.3, 0.4) is 0 Å². The first-order valence-electron chi connectivity index (χ1n) is 11.3. The van der Waals surface area contributed by atoms with Gasteiger partial charge in [0.1, 0.15) is 0 Å². The zero-order valence-electron chi connectivity index (χ0n) is 19.9. The lowest BCUT2D eigenvalue weighted by molar-refractivity contribution is -0.133. The summed E-state index contributed by atoms with van der Waals surface area (Å²) in [6.07, 6.45) is 4.14. The fourth-order valence-corrected chi connectivity index (χ4v) is 3.97. The van der Waals surface area contributed by atoms with Crippen LogP contribution in [-0.4, -0.2) is 46.7 Å². The molecule has 1 aliphatic rings. The van der Waals surface area contributed by atoms with Gasteiger partial charge < -0.3 is 14.8 Å². The van der Waals surface area contributed by atoms with Crippen LogP contribution in [0.1, 0.15) is 41.5 Å². The molecule has 35 heavy (non-hydrogen) atoms. The minimum absolute atomic E-state index is 0.0120. The maximum absolute atomic E-state index is 13.0. The Morgan fingerprint density at radius 2 is 1.80 bits per heavy atom. The van der Waals surface area contributed by atoms with E-state index in [-0.39, 0.29) is 24.2 Å². The lowest BCUT2D eigenvalue weighted by Crippen LogP contribution is -2.37. The molecular weight excluding hydrogens is 446 g/mol. The highest BCUT2D eigenvalue weighted by atomic mass is 16.5. The van der Waals surface area contributed by atoms with E-state index in [1.165, 1.54) is 17.4 Å². The molecule has 1 unspecified atom stereocenters. The Morgan fingerprint density at radius 3 is 2.51 bits per heavy atom. The standard InChI is InChI=1S/C26H27N5O4/c1-4-17-15-23(32)31(30-24(17)18-10-11-21(34-2)22(14-18)35-3)16-19-8-5-6-9-20(19)29-26(33)25-27-12-7-13-28-25/h5-14,17H,4,15-16H2,1-3H3,(H,29,33). The van der Waals surface area contributed by atoms with E-state index < -0.39 is 5.91 Å². The number of anilines is 1. The highest BCUT2D eigenvalue weighted by molar-refractivity contribution is 6.06. The van der Waals surface area contributed by atoms with Crippen molar-refractivity contribution < 1.29 is 19.1 Å². The van der Waals surface area contributed by atoms with Gasteiger partial charge in [-0.05, 0) is 42.3 Å². The number of rotatable bonds is 8. The summed E-state index contributed by atoms with van der Waals surface area (Å²) in [5.41, 5.74) is 3.00. The third-order valence-electron chi connectivity index (χ3n) is 5.85. The van der Waals surface area contributed by atoms with Gasteiger partial charge in [0.05, 0.1) is 26.5 Å². The van der Waals surface area contributed by atoms with Gasteiger partial charge in [-0.1, -0.05) is 25.1 Å². The predicted molar refractivity (Wildman–Crippen MR) is 131 cm³/mol. The zero-order valence-corrected chi connectivity index (χ0v) is 19.9. The number of para-hydroxylation sites is 1. The normalized spacial score (nSPS) is 15.4. The van der Waals surface area contributed by atoms with Gasteiger partial charge in [0, 0.05) is 36.0 Å². The van der Waals surface area contributed by atoms with Crippen molar-refractivity contribution in [2.75, 3.05) is 19.5 Å². The van der Waals surface area contributed by atoms with Crippen molar-refractivity contribution in [3.63, 3.8) is 0 Å². The fraction of sp³-hybridized carbons (Fsp3) is 0.269. The van der Waals surface area contributed by atoms with E-state index in [0.717, 1.165) is 23.3 Å². The number of aromatic nitrogens is 2. The molecule has 9 heteroatoms. The van der Waals surface area contributed by atoms with E-state index >= 15 is 0 Å². The molecule has 9 nitrogen and oxygen atoms in total. The van der Waals surface area contributed by atoms with Gasteiger partial charge >= 0.3 is 0 Å². The Morgan fingerprint density at radius 1 is 1.06 bits per heavy atom. The van der Waals surface area contributed by atoms with Crippen molar-refractivity contribution in [1.82, 2.24) is 15.0 Å². The molecule has 0 spiro atoms. The molecule has 1 atom stereocenters. The number of nitrogens with one attached hydrogen (secondary N) is 1. The number of hydrazone groups is 1. The Bertz CT molecular complexity index is 1250. The van der Waals surface area contributed by atoms with Crippen LogP contribution in [0.15, 0.2) is 66.0 Å². The third kappa shape index (κ3) is 5.29. The van der Waals surface area contributed by atoms with E-state index in [1.807, 2.05) is 43.3 Å².